The zero-order valence-electron chi connectivity index (χ0n) is 8.81. The fourth-order valence-corrected chi connectivity index (χ4v) is 2.83. The van der Waals surface area contributed by atoms with Crippen molar-refractivity contribution in [1.82, 2.24) is 0 Å². The van der Waals surface area contributed by atoms with E-state index in [0.717, 1.165) is 24.2 Å². The first kappa shape index (κ1) is 12.6. The molecule has 0 amide bonds. The summed E-state index contributed by atoms with van der Waals surface area (Å²) >= 11 is 4.12. The molecule has 0 radical (unpaired) electrons. The molecular weight excluding hydrogens is 228 g/mol. The van der Waals surface area contributed by atoms with Gasteiger partial charge in [0, 0.05) is 4.90 Å². The van der Waals surface area contributed by atoms with E-state index < -0.39 is 9.84 Å². The molecule has 0 aliphatic carbocycles. The standard InChI is InChI=1S/C11H16O2S2/c1-2-3-4-9-15(12,13)11-7-5-10(14)6-8-11/h5-8,14H,2-4,9H2,1H3. The molecule has 0 spiro atoms. The summed E-state index contributed by atoms with van der Waals surface area (Å²) in [5.74, 6) is 0.243. The molecule has 4 heteroatoms. The maximum atomic E-state index is 11.8. The maximum Gasteiger partial charge on any atom is 0.178 e. The SMILES string of the molecule is CCCCCS(=O)(=O)c1ccc(S)cc1. The minimum atomic E-state index is -3.08. The highest BCUT2D eigenvalue weighted by atomic mass is 32.2. The van der Waals surface area contributed by atoms with Crippen LogP contribution in [0.1, 0.15) is 26.2 Å². The van der Waals surface area contributed by atoms with E-state index >= 15 is 0 Å². The smallest absolute Gasteiger partial charge is 0.178 e. The van der Waals surface area contributed by atoms with Crippen molar-refractivity contribution in [3.8, 4) is 0 Å². The average Bonchev–Trinajstić information content (AvgIpc) is 2.18. The van der Waals surface area contributed by atoms with Crippen molar-refractivity contribution in [2.75, 3.05) is 5.75 Å². The molecule has 0 bridgehead atoms. The summed E-state index contributed by atoms with van der Waals surface area (Å²) in [4.78, 5) is 1.18. The van der Waals surface area contributed by atoms with Crippen LogP contribution in [0.3, 0.4) is 0 Å². The van der Waals surface area contributed by atoms with Gasteiger partial charge in [0.2, 0.25) is 0 Å². The first-order valence-corrected chi connectivity index (χ1v) is 7.18. The molecule has 0 atom stereocenters. The minimum Gasteiger partial charge on any atom is -0.224 e. The van der Waals surface area contributed by atoms with E-state index in [1.807, 2.05) is 0 Å². The van der Waals surface area contributed by atoms with Gasteiger partial charge in [-0.3, -0.25) is 0 Å². The van der Waals surface area contributed by atoms with E-state index in [1.54, 1.807) is 24.3 Å². The van der Waals surface area contributed by atoms with Crippen molar-refractivity contribution >= 4 is 22.5 Å². The molecule has 0 saturated heterocycles. The van der Waals surface area contributed by atoms with Crippen LogP contribution >= 0.6 is 12.6 Å². The number of thiol groups is 1. The van der Waals surface area contributed by atoms with Crippen LogP contribution in [0.15, 0.2) is 34.1 Å². The predicted octanol–water partition coefficient (Wildman–Crippen LogP) is 2.94. The van der Waals surface area contributed by atoms with E-state index in [2.05, 4.69) is 19.6 Å². The fourth-order valence-electron chi connectivity index (χ4n) is 1.31. The number of unbranched alkanes of at least 4 members (excludes halogenated alkanes) is 2. The van der Waals surface area contributed by atoms with Crippen molar-refractivity contribution in [2.45, 2.75) is 36.0 Å². The van der Waals surface area contributed by atoms with Crippen LogP contribution in [0.2, 0.25) is 0 Å². The summed E-state index contributed by atoms with van der Waals surface area (Å²) in [6.45, 7) is 2.06. The Morgan fingerprint density at radius 3 is 2.27 bits per heavy atom. The molecule has 0 aliphatic rings. The highest BCUT2D eigenvalue weighted by Crippen LogP contribution is 2.15. The Morgan fingerprint density at radius 1 is 1.13 bits per heavy atom. The van der Waals surface area contributed by atoms with E-state index in [-0.39, 0.29) is 5.75 Å². The van der Waals surface area contributed by atoms with Crippen molar-refractivity contribution in [1.29, 1.82) is 0 Å². The second-order valence-electron chi connectivity index (χ2n) is 3.52. The van der Waals surface area contributed by atoms with Crippen LogP contribution in [-0.2, 0) is 9.84 Å². The number of sulfone groups is 1. The molecule has 0 fully saturated rings. The summed E-state index contributed by atoms with van der Waals surface area (Å²) in [5.41, 5.74) is 0. The Hall–Kier alpha value is -0.480. The third-order valence-electron chi connectivity index (χ3n) is 2.21. The van der Waals surface area contributed by atoms with Crippen LogP contribution in [0.5, 0.6) is 0 Å². The molecule has 1 rings (SSSR count). The normalized spacial score (nSPS) is 11.6. The minimum absolute atomic E-state index is 0.243. The van der Waals surface area contributed by atoms with Gasteiger partial charge < -0.3 is 0 Å². The molecule has 15 heavy (non-hydrogen) atoms. The van der Waals surface area contributed by atoms with Gasteiger partial charge >= 0.3 is 0 Å². The second-order valence-corrected chi connectivity index (χ2v) is 6.15. The van der Waals surface area contributed by atoms with E-state index in [1.165, 1.54) is 0 Å². The number of hydrogen-bond acceptors (Lipinski definition) is 3. The van der Waals surface area contributed by atoms with Crippen molar-refractivity contribution in [2.24, 2.45) is 0 Å². The third-order valence-corrected chi connectivity index (χ3v) is 4.33. The van der Waals surface area contributed by atoms with Gasteiger partial charge in [0.1, 0.15) is 0 Å². The molecule has 0 aliphatic heterocycles. The first-order valence-electron chi connectivity index (χ1n) is 5.08. The van der Waals surface area contributed by atoms with Crippen molar-refractivity contribution in [3.63, 3.8) is 0 Å². The molecule has 84 valence electrons. The van der Waals surface area contributed by atoms with Gasteiger partial charge in [-0.15, -0.1) is 12.6 Å². The summed E-state index contributed by atoms with van der Waals surface area (Å²) in [6.07, 6.45) is 2.73. The van der Waals surface area contributed by atoms with E-state index in [4.69, 9.17) is 0 Å². The molecule has 1 aromatic carbocycles. The lowest BCUT2D eigenvalue weighted by Gasteiger charge is -2.03. The summed E-state index contributed by atoms with van der Waals surface area (Å²) in [6, 6.07) is 6.64. The highest BCUT2D eigenvalue weighted by molar-refractivity contribution is 7.91. The predicted molar refractivity (Wildman–Crippen MR) is 65.3 cm³/mol. The second kappa shape index (κ2) is 5.56. The molecule has 0 saturated carbocycles. The van der Waals surface area contributed by atoms with Crippen LogP contribution < -0.4 is 0 Å². The fraction of sp³-hybridized carbons (Fsp3) is 0.455. The van der Waals surface area contributed by atoms with Gasteiger partial charge in [-0.25, -0.2) is 8.42 Å². The van der Waals surface area contributed by atoms with Gasteiger partial charge in [0.05, 0.1) is 10.6 Å². The lowest BCUT2D eigenvalue weighted by molar-refractivity contribution is 0.591. The number of hydrogen-bond donors (Lipinski definition) is 1. The first-order chi connectivity index (χ1) is 7.06. The molecule has 0 aromatic heterocycles. The molecule has 0 unspecified atom stereocenters. The van der Waals surface area contributed by atoms with Gasteiger partial charge in [-0.1, -0.05) is 19.8 Å². The average molecular weight is 244 g/mol. The highest BCUT2D eigenvalue weighted by Gasteiger charge is 2.12. The summed E-state index contributed by atoms with van der Waals surface area (Å²) in [7, 11) is -3.08. The summed E-state index contributed by atoms with van der Waals surface area (Å²) in [5, 5.41) is 0. The lowest BCUT2D eigenvalue weighted by atomic mass is 10.3. The zero-order chi connectivity index (χ0) is 11.3. The van der Waals surface area contributed by atoms with Gasteiger partial charge in [-0.05, 0) is 30.7 Å². The zero-order valence-corrected chi connectivity index (χ0v) is 10.5. The molecule has 0 N–H and O–H groups in total. The number of benzene rings is 1. The molecule has 0 heterocycles. The Kier molecular flexibility index (Phi) is 4.67. The van der Waals surface area contributed by atoms with Crippen LogP contribution in [0, 0.1) is 0 Å². The summed E-state index contributed by atoms with van der Waals surface area (Å²) < 4.78 is 23.6. The molecule has 1 aromatic rings. The van der Waals surface area contributed by atoms with Crippen molar-refractivity contribution in [3.05, 3.63) is 24.3 Å². The molecule has 2 nitrogen and oxygen atoms in total. The van der Waals surface area contributed by atoms with Crippen LogP contribution in [-0.4, -0.2) is 14.2 Å². The topological polar surface area (TPSA) is 34.1 Å². The Bertz CT molecular complexity index is 393. The van der Waals surface area contributed by atoms with Crippen molar-refractivity contribution < 1.29 is 8.42 Å². The van der Waals surface area contributed by atoms with Crippen LogP contribution in [0.4, 0.5) is 0 Å². The van der Waals surface area contributed by atoms with Gasteiger partial charge in [0.15, 0.2) is 9.84 Å². The Labute approximate surface area is 97.0 Å². The van der Waals surface area contributed by atoms with Gasteiger partial charge in [-0.2, -0.15) is 0 Å². The Balaban J connectivity index is 2.73. The third kappa shape index (κ3) is 3.87. The Morgan fingerprint density at radius 2 is 1.73 bits per heavy atom. The monoisotopic (exact) mass is 244 g/mol. The lowest BCUT2D eigenvalue weighted by Crippen LogP contribution is -2.06. The van der Waals surface area contributed by atoms with Gasteiger partial charge in [0.25, 0.3) is 0 Å². The van der Waals surface area contributed by atoms with E-state index in [9.17, 15) is 8.42 Å². The molecular formula is C11H16O2S2. The quantitative estimate of drug-likeness (QED) is 0.638. The van der Waals surface area contributed by atoms with Crippen LogP contribution in [0.25, 0.3) is 0 Å². The number of rotatable bonds is 5. The van der Waals surface area contributed by atoms with E-state index in [0.29, 0.717) is 4.90 Å². The largest absolute Gasteiger partial charge is 0.224 e. The maximum absolute atomic E-state index is 11.8.